The summed E-state index contributed by atoms with van der Waals surface area (Å²) in [4.78, 5) is 0. The highest BCUT2D eigenvalue weighted by atomic mass is 79.9. The van der Waals surface area contributed by atoms with Crippen LogP contribution < -0.4 is 0 Å². The summed E-state index contributed by atoms with van der Waals surface area (Å²) in [5.41, 5.74) is 4.15. The maximum atomic E-state index is 3.47. The number of hydrogen-bond donors (Lipinski definition) is 0. The zero-order chi connectivity index (χ0) is 8.97. The highest BCUT2D eigenvalue weighted by Gasteiger charge is 1.97. The summed E-state index contributed by atoms with van der Waals surface area (Å²) in [5, 5.41) is 1.89. The third-order valence-corrected chi connectivity index (χ3v) is 3.12. The predicted octanol–water partition coefficient (Wildman–Crippen LogP) is 2.61. The molecule has 0 N–H and O–H groups in total. The van der Waals surface area contributed by atoms with Crippen LogP contribution in [-0.2, 0) is 17.0 Å². The third-order valence-electron chi connectivity index (χ3n) is 1.83. The second-order valence-electron chi connectivity index (χ2n) is 2.78. The lowest BCUT2D eigenvalue weighted by Gasteiger charge is -2.04. The average Bonchev–Trinajstić information content (AvgIpc) is 2.16. The first kappa shape index (κ1) is 10.3. The molecular weight excluding hydrogens is 279 g/mol. The fourth-order valence-electron chi connectivity index (χ4n) is 1.20. The Hall–Kier alpha value is 0.245. The molecule has 1 rings (SSSR count). The van der Waals surface area contributed by atoms with Gasteiger partial charge >= 0.3 is 0 Å². The SMILES string of the molecule is BCc1cc(CBr)cc(CBr)c1. The molecule has 0 bridgehead atoms. The van der Waals surface area contributed by atoms with Gasteiger partial charge in [-0.05, 0) is 11.1 Å². The first-order chi connectivity index (χ1) is 5.80. The van der Waals surface area contributed by atoms with E-state index in [1.54, 1.807) is 0 Å². The minimum atomic E-state index is 0.945. The van der Waals surface area contributed by atoms with Crippen LogP contribution in [-0.4, -0.2) is 7.85 Å². The van der Waals surface area contributed by atoms with Crippen molar-refractivity contribution in [3.63, 3.8) is 0 Å². The lowest BCUT2D eigenvalue weighted by molar-refractivity contribution is 1.27. The monoisotopic (exact) mass is 288 g/mol. The van der Waals surface area contributed by atoms with Crippen LogP contribution in [0.15, 0.2) is 18.2 Å². The van der Waals surface area contributed by atoms with E-state index in [0.717, 1.165) is 17.0 Å². The van der Waals surface area contributed by atoms with E-state index < -0.39 is 0 Å². The van der Waals surface area contributed by atoms with Gasteiger partial charge in [0.2, 0.25) is 0 Å². The Kier molecular flexibility index (Phi) is 4.37. The first-order valence-electron chi connectivity index (χ1n) is 4.03. The first-order valence-corrected chi connectivity index (χ1v) is 6.28. The van der Waals surface area contributed by atoms with Crippen molar-refractivity contribution in [2.45, 2.75) is 17.0 Å². The smallest absolute Gasteiger partial charge is 0.0876 e. The van der Waals surface area contributed by atoms with Gasteiger partial charge < -0.3 is 0 Å². The van der Waals surface area contributed by atoms with Crippen molar-refractivity contribution < 1.29 is 0 Å². The number of hydrogen-bond acceptors (Lipinski definition) is 0. The largest absolute Gasteiger partial charge is 0.107 e. The van der Waals surface area contributed by atoms with Crippen molar-refractivity contribution in [1.29, 1.82) is 0 Å². The van der Waals surface area contributed by atoms with Gasteiger partial charge in [-0.2, -0.15) is 0 Å². The van der Waals surface area contributed by atoms with E-state index in [4.69, 9.17) is 0 Å². The van der Waals surface area contributed by atoms with Crippen molar-refractivity contribution in [1.82, 2.24) is 0 Å². The molecule has 0 aliphatic rings. The maximum absolute atomic E-state index is 3.47. The van der Waals surface area contributed by atoms with Crippen LogP contribution in [0.1, 0.15) is 16.7 Å². The average molecular weight is 290 g/mol. The lowest BCUT2D eigenvalue weighted by atomic mass is 9.94. The Morgan fingerprint density at radius 2 is 1.33 bits per heavy atom. The summed E-state index contributed by atoms with van der Waals surface area (Å²) in [7, 11) is 2.19. The molecule has 0 aliphatic carbocycles. The van der Waals surface area contributed by atoms with E-state index in [1.807, 2.05) is 0 Å². The molecular formula is C9H11BBr2. The summed E-state index contributed by atoms with van der Waals surface area (Å²) < 4.78 is 0. The normalized spacial score (nSPS) is 10.2. The van der Waals surface area contributed by atoms with Crippen LogP contribution >= 0.6 is 31.9 Å². The molecule has 0 aliphatic heterocycles. The predicted molar refractivity (Wildman–Crippen MR) is 64.0 cm³/mol. The van der Waals surface area contributed by atoms with Crippen LogP contribution in [0.2, 0.25) is 0 Å². The summed E-state index contributed by atoms with van der Waals surface area (Å²) in [6.45, 7) is 0. The lowest BCUT2D eigenvalue weighted by Crippen LogP contribution is -1.90. The zero-order valence-corrected chi connectivity index (χ0v) is 10.3. The molecule has 64 valence electrons. The van der Waals surface area contributed by atoms with E-state index >= 15 is 0 Å². The minimum Gasteiger partial charge on any atom is -0.0876 e. The van der Waals surface area contributed by atoms with E-state index in [1.165, 1.54) is 16.7 Å². The van der Waals surface area contributed by atoms with Gasteiger partial charge in [-0.3, -0.25) is 0 Å². The van der Waals surface area contributed by atoms with Crippen molar-refractivity contribution in [2.24, 2.45) is 0 Å². The van der Waals surface area contributed by atoms with Crippen molar-refractivity contribution in [2.75, 3.05) is 0 Å². The van der Waals surface area contributed by atoms with Gasteiger partial charge in [0.05, 0.1) is 0 Å². The fourth-order valence-corrected chi connectivity index (χ4v) is 1.85. The molecule has 1 aromatic carbocycles. The molecule has 0 heterocycles. The van der Waals surface area contributed by atoms with Gasteiger partial charge in [0.25, 0.3) is 0 Å². The number of benzene rings is 1. The topological polar surface area (TPSA) is 0 Å². The Morgan fingerprint density at radius 1 is 0.917 bits per heavy atom. The molecule has 1 aromatic rings. The molecule has 0 radical (unpaired) electrons. The van der Waals surface area contributed by atoms with Crippen LogP contribution in [0, 0.1) is 0 Å². The summed E-state index contributed by atoms with van der Waals surface area (Å²) in [6, 6.07) is 6.73. The van der Waals surface area contributed by atoms with Crippen molar-refractivity contribution in [3.05, 3.63) is 34.9 Å². The second kappa shape index (κ2) is 5.08. The number of rotatable bonds is 3. The highest BCUT2D eigenvalue weighted by Crippen LogP contribution is 2.15. The van der Waals surface area contributed by atoms with Crippen molar-refractivity contribution in [3.8, 4) is 0 Å². The Bertz CT molecular complexity index is 205. The van der Waals surface area contributed by atoms with Gasteiger partial charge in [0, 0.05) is 10.7 Å². The molecule has 0 spiro atoms. The minimum absolute atomic E-state index is 0.945. The van der Waals surface area contributed by atoms with E-state index in [9.17, 15) is 0 Å². The highest BCUT2D eigenvalue weighted by molar-refractivity contribution is 9.08. The fraction of sp³-hybridized carbons (Fsp3) is 0.333. The molecule has 12 heavy (non-hydrogen) atoms. The quantitative estimate of drug-likeness (QED) is 0.593. The van der Waals surface area contributed by atoms with Crippen LogP contribution in [0.3, 0.4) is 0 Å². The molecule has 0 amide bonds. The molecule has 0 aromatic heterocycles. The number of halogens is 2. The Morgan fingerprint density at radius 3 is 1.67 bits per heavy atom. The molecule has 0 unspecified atom stereocenters. The third kappa shape index (κ3) is 2.63. The van der Waals surface area contributed by atoms with Gasteiger partial charge in [-0.1, -0.05) is 61.9 Å². The summed E-state index contributed by atoms with van der Waals surface area (Å²) in [6.07, 6.45) is 1.11. The molecule has 0 saturated carbocycles. The molecule has 0 nitrogen and oxygen atoms in total. The van der Waals surface area contributed by atoms with Crippen LogP contribution in [0.5, 0.6) is 0 Å². The van der Waals surface area contributed by atoms with Crippen LogP contribution in [0.25, 0.3) is 0 Å². The summed E-state index contributed by atoms with van der Waals surface area (Å²) in [5.74, 6) is 0. The number of alkyl halides is 2. The second-order valence-corrected chi connectivity index (χ2v) is 3.90. The molecule has 0 saturated heterocycles. The van der Waals surface area contributed by atoms with Crippen molar-refractivity contribution >= 4 is 39.7 Å². The zero-order valence-electron chi connectivity index (χ0n) is 7.11. The Balaban J connectivity index is 3.01. The van der Waals surface area contributed by atoms with Gasteiger partial charge in [0.1, 0.15) is 7.85 Å². The maximum Gasteiger partial charge on any atom is 0.107 e. The van der Waals surface area contributed by atoms with E-state index in [-0.39, 0.29) is 0 Å². The van der Waals surface area contributed by atoms with Crippen LogP contribution in [0.4, 0.5) is 0 Å². The standard InChI is InChI=1S/C9H11BBr2/c10-4-7-1-8(5-11)3-9(2-7)6-12/h1-3H,4-6,10H2. The molecule has 0 fully saturated rings. The van der Waals surface area contributed by atoms with Gasteiger partial charge in [-0.25, -0.2) is 0 Å². The van der Waals surface area contributed by atoms with E-state index in [2.05, 4.69) is 57.9 Å². The van der Waals surface area contributed by atoms with Gasteiger partial charge in [0.15, 0.2) is 0 Å². The van der Waals surface area contributed by atoms with Gasteiger partial charge in [-0.15, -0.1) is 0 Å². The molecule has 0 atom stereocenters. The Labute approximate surface area is 91.4 Å². The summed E-state index contributed by atoms with van der Waals surface area (Å²) >= 11 is 6.94. The molecule has 3 heteroatoms. The van der Waals surface area contributed by atoms with E-state index in [0.29, 0.717) is 0 Å².